The van der Waals surface area contributed by atoms with Crippen molar-refractivity contribution in [3.8, 4) is 0 Å². The number of carbonyl (C=O) groups excluding carboxylic acids is 1. The number of β-amino-alcohol motifs (C(OH)–C–C–N with tert-alkyl or cyclic N) is 1. The number of hydrogen-bond donors (Lipinski definition) is 2. The van der Waals surface area contributed by atoms with Crippen LogP contribution in [0.25, 0.3) is 0 Å². The fourth-order valence-electron chi connectivity index (χ4n) is 4.13. The number of carbonyl (C=O) groups is 1. The zero-order valence-electron chi connectivity index (χ0n) is 17.4. The van der Waals surface area contributed by atoms with E-state index in [-0.39, 0.29) is 17.6 Å². The standard InChI is InChI=1S/C21H33N3O4S/c1-23(2)29(27,28)15-7-13-24-14-12-21(19(25)16-24,18-10-4-3-5-11-18)22-20(26)17-8-6-9-17/h3-5,10-11,17,19,25H,6-9,12-16H2,1-2H3,(H,22,26)/t19-,21-/m1/s1. The van der Waals surface area contributed by atoms with Crippen molar-refractivity contribution in [2.24, 2.45) is 5.92 Å². The summed E-state index contributed by atoms with van der Waals surface area (Å²) in [4.78, 5) is 14.8. The summed E-state index contributed by atoms with van der Waals surface area (Å²) in [7, 11) is -0.132. The van der Waals surface area contributed by atoms with E-state index in [1.54, 1.807) is 14.1 Å². The lowest BCUT2D eigenvalue weighted by atomic mass is 9.76. The van der Waals surface area contributed by atoms with Crippen LogP contribution in [0.5, 0.6) is 0 Å². The summed E-state index contributed by atoms with van der Waals surface area (Å²) in [5.74, 6) is 0.177. The van der Waals surface area contributed by atoms with Crippen LogP contribution in [0.1, 0.15) is 37.7 Å². The Balaban J connectivity index is 1.67. The van der Waals surface area contributed by atoms with Gasteiger partial charge in [0.2, 0.25) is 15.9 Å². The lowest BCUT2D eigenvalue weighted by Gasteiger charge is -2.47. The van der Waals surface area contributed by atoms with Gasteiger partial charge in [-0.05, 0) is 37.8 Å². The number of rotatable bonds is 8. The summed E-state index contributed by atoms with van der Waals surface area (Å²) in [6.07, 6.45) is 3.27. The van der Waals surface area contributed by atoms with E-state index in [1.807, 2.05) is 30.3 Å². The average Bonchev–Trinajstić information content (AvgIpc) is 2.63. The summed E-state index contributed by atoms with van der Waals surface area (Å²) in [6.45, 7) is 1.70. The van der Waals surface area contributed by atoms with E-state index in [1.165, 1.54) is 4.31 Å². The van der Waals surface area contributed by atoms with Crippen LogP contribution in [0.4, 0.5) is 0 Å². The van der Waals surface area contributed by atoms with Crippen molar-refractivity contribution in [3.05, 3.63) is 35.9 Å². The maximum absolute atomic E-state index is 12.7. The highest BCUT2D eigenvalue weighted by Crippen LogP contribution is 2.35. The van der Waals surface area contributed by atoms with Crippen molar-refractivity contribution < 1.29 is 18.3 Å². The quantitative estimate of drug-likeness (QED) is 0.655. The second kappa shape index (κ2) is 9.12. The summed E-state index contributed by atoms with van der Waals surface area (Å²) < 4.78 is 25.2. The molecule has 1 heterocycles. The van der Waals surface area contributed by atoms with Crippen LogP contribution in [0.3, 0.4) is 0 Å². The molecule has 2 aliphatic rings. The molecule has 1 amide bonds. The first kappa shape index (κ1) is 22.2. The number of likely N-dealkylation sites (tertiary alicyclic amines) is 1. The minimum absolute atomic E-state index is 0.0321. The van der Waals surface area contributed by atoms with Gasteiger partial charge in [-0.1, -0.05) is 36.8 Å². The zero-order chi connectivity index (χ0) is 21.1. The molecule has 7 nitrogen and oxygen atoms in total. The first-order valence-corrected chi connectivity index (χ1v) is 12.0. The summed E-state index contributed by atoms with van der Waals surface area (Å²) in [5.41, 5.74) is 0.134. The molecule has 1 aromatic rings. The average molecular weight is 424 g/mol. The molecule has 0 aromatic heterocycles. The molecule has 1 saturated carbocycles. The van der Waals surface area contributed by atoms with Gasteiger partial charge in [-0.25, -0.2) is 12.7 Å². The van der Waals surface area contributed by atoms with E-state index in [2.05, 4.69) is 10.2 Å². The third-order valence-electron chi connectivity index (χ3n) is 6.37. The molecule has 0 radical (unpaired) electrons. The number of nitrogens with one attached hydrogen (secondary N) is 1. The molecule has 3 rings (SSSR count). The Morgan fingerprint density at radius 3 is 2.52 bits per heavy atom. The highest BCUT2D eigenvalue weighted by atomic mass is 32.2. The molecule has 1 aliphatic heterocycles. The number of sulfonamides is 1. The van der Waals surface area contributed by atoms with Gasteiger partial charge in [0.05, 0.1) is 17.4 Å². The van der Waals surface area contributed by atoms with Gasteiger partial charge in [-0.15, -0.1) is 0 Å². The molecule has 1 aliphatic carbocycles. The highest BCUT2D eigenvalue weighted by Gasteiger charge is 2.46. The van der Waals surface area contributed by atoms with Crippen LogP contribution in [0.2, 0.25) is 0 Å². The number of amides is 1. The van der Waals surface area contributed by atoms with Crippen LogP contribution in [-0.4, -0.2) is 74.2 Å². The van der Waals surface area contributed by atoms with Gasteiger partial charge in [-0.3, -0.25) is 4.79 Å². The van der Waals surface area contributed by atoms with Crippen LogP contribution < -0.4 is 5.32 Å². The van der Waals surface area contributed by atoms with E-state index < -0.39 is 21.7 Å². The number of aliphatic hydroxyl groups excluding tert-OH is 1. The second-order valence-corrected chi connectivity index (χ2v) is 10.8. The van der Waals surface area contributed by atoms with Gasteiger partial charge in [0.15, 0.2) is 0 Å². The molecule has 29 heavy (non-hydrogen) atoms. The van der Waals surface area contributed by atoms with E-state index in [4.69, 9.17) is 0 Å². The molecule has 0 spiro atoms. The Labute approximate surface area is 174 Å². The van der Waals surface area contributed by atoms with Crippen molar-refractivity contribution in [2.75, 3.05) is 39.5 Å². The predicted molar refractivity (Wildman–Crippen MR) is 113 cm³/mol. The fraction of sp³-hybridized carbons (Fsp3) is 0.667. The largest absolute Gasteiger partial charge is 0.389 e. The topological polar surface area (TPSA) is 90.0 Å². The van der Waals surface area contributed by atoms with E-state index in [0.29, 0.717) is 32.5 Å². The molecule has 0 unspecified atom stereocenters. The van der Waals surface area contributed by atoms with Crippen molar-refractivity contribution in [1.82, 2.24) is 14.5 Å². The van der Waals surface area contributed by atoms with Gasteiger partial charge in [0.25, 0.3) is 0 Å². The Bertz CT molecular complexity index is 795. The predicted octanol–water partition coefficient (Wildman–Crippen LogP) is 1.15. The molecule has 2 N–H and O–H groups in total. The van der Waals surface area contributed by atoms with Gasteiger partial charge in [-0.2, -0.15) is 0 Å². The van der Waals surface area contributed by atoms with Gasteiger partial charge in [0, 0.05) is 33.1 Å². The Morgan fingerprint density at radius 2 is 1.97 bits per heavy atom. The second-order valence-electron chi connectivity index (χ2n) is 8.47. The number of piperidine rings is 1. The minimum Gasteiger partial charge on any atom is -0.389 e. The van der Waals surface area contributed by atoms with E-state index in [0.717, 1.165) is 24.8 Å². The molecular weight excluding hydrogens is 390 g/mol. The molecule has 162 valence electrons. The van der Waals surface area contributed by atoms with Crippen LogP contribution in [0.15, 0.2) is 30.3 Å². The molecular formula is C21H33N3O4S. The first-order chi connectivity index (χ1) is 13.7. The van der Waals surface area contributed by atoms with Crippen molar-refractivity contribution in [1.29, 1.82) is 0 Å². The molecule has 1 aromatic carbocycles. The Morgan fingerprint density at radius 1 is 1.28 bits per heavy atom. The lowest BCUT2D eigenvalue weighted by Crippen LogP contribution is -2.63. The Hall–Kier alpha value is -1.48. The Kier molecular flexibility index (Phi) is 6.98. The lowest BCUT2D eigenvalue weighted by molar-refractivity contribution is -0.133. The highest BCUT2D eigenvalue weighted by molar-refractivity contribution is 7.89. The number of nitrogens with zero attached hydrogens (tertiary/aromatic N) is 2. The van der Waals surface area contributed by atoms with Crippen molar-refractivity contribution >= 4 is 15.9 Å². The third kappa shape index (κ3) is 4.99. The van der Waals surface area contributed by atoms with Crippen molar-refractivity contribution in [2.45, 2.75) is 43.7 Å². The molecule has 1 saturated heterocycles. The van der Waals surface area contributed by atoms with Crippen LogP contribution in [0, 0.1) is 5.92 Å². The molecule has 2 atom stereocenters. The molecule has 2 fully saturated rings. The fourth-order valence-corrected chi connectivity index (χ4v) is 4.99. The monoisotopic (exact) mass is 423 g/mol. The number of benzene rings is 1. The SMILES string of the molecule is CN(C)S(=O)(=O)CCCN1CC[C@@](NC(=O)C2CCC2)(c2ccccc2)[C@H](O)C1. The summed E-state index contributed by atoms with van der Waals surface area (Å²) in [6, 6.07) is 9.71. The summed E-state index contributed by atoms with van der Waals surface area (Å²) in [5, 5.41) is 14.3. The zero-order valence-corrected chi connectivity index (χ0v) is 18.2. The summed E-state index contributed by atoms with van der Waals surface area (Å²) >= 11 is 0. The smallest absolute Gasteiger partial charge is 0.223 e. The third-order valence-corrected chi connectivity index (χ3v) is 8.28. The normalized spacial score (nSPS) is 26.3. The minimum atomic E-state index is -3.21. The number of hydrogen-bond acceptors (Lipinski definition) is 5. The van der Waals surface area contributed by atoms with Crippen molar-refractivity contribution in [3.63, 3.8) is 0 Å². The maximum atomic E-state index is 12.7. The van der Waals surface area contributed by atoms with Crippen LogP contribution >= 0.6 is 0 Å². The van der Waals surface area contributed by atoms with Gasteiger partial charge in [0.1, 0.15) is 0 Å². The van der Waals surface area contributed by atoms with Gasteiger partial charge >= 0.3 is 0 Å². The van der Waals surface area contributed by atoms with E-state index >= 15 is 0 Å². The maximum Gasteiger partial charge on any atom is 0.223 e. The first-order valence-electron chi connectivity index (χ1n) is 10.4. The molecule has 0 bridgehead atoms. The van der Waals surface area contributed by atoms with Crippen LogP contribution in [-0.2, 0) is 20.4 Å². The van der Waals surface area contributed by atoms with E-state index in [9.17, 15) is 18.3 Å². The molecule has 8 heteroatoms. The van der Waals surface area contributed by atoms with Gasteiger partial charge < -0.3 is 15.3 Å². The number of aliphatic hydroxyl groups is 1.